The topological polar surface area (TPSA) is 61.4 Å². The van der Waals surface area contributed by atoms with E-state index in [1.807, 2.05) is 43.0 Å². The van der Waals surface area contributed by atoms with Crippen LogP contribution in [0.2, 0.25) is 0 Å². The van der Waals surface area contributed by atoms with Crippen molar-refractivity contribution in [2.24, 2.45) is 0 Å². The highest BCUT2D eigenvalue weighted by Crippen LogP contribution is 2.27. The average molecular weight is 374 g/mol. The number of carbonyl (C=O) groups excluding carboxylic acids is 1. The molecule has 26 heavy (non-hydrogen) atoms. The van der Waals surface area contributed by atoms with Gasteiger partial charge in [0.25, 0.3) is 0 Å². The van der Waals surface area contributed by atoms with Crippen molar-refractivity contribution in [3.63, 3.8) is 0 Å². The van der Waals surface area contributed by atoms with Gasteiger partial charge in [-0.05, 0) is 32.5 Å². The standard InChI is InChI=1S/C19H27N5OS/c1-4-20-17-15-8-6-7-9-16(15)21-19(22-17)26-14(3)18(25)24-12-10-23(5-2)11-13-24/h6-9,14H,4-5,10-13H2,1-3H3,(H,20,21,22)/t14-/m1/s1. The first-order valence-corrected chi connectivity index (χ1v) is 10.2. The number of hydrogen-bond acceptors (Lipinski definition) is 6. The summed E-state index contributed by atoms with van der Waals surface area (Å²) in [6.45, 7) is 11.5. The number of piperazine rings is 1. The lowest BCUT2D eigenvalue weighted by Gasteiger charge is -2.35. The molecule has 6 nitrogen and oxygen atoms in total. The number of thioether (sulfide) groups is 1. The third-order valence-corrected chi connectivity index (χ3v) is 5.64. The third-order valence-electron chi connectivity index (χ3n) is 4.69. The fourth-order valence-corrected chi connectivity index (χ4v) is 4.02. The van der Waals surface area contributed by atoms with Crippen LogP contribution in [0.3, 0.4) is 0 Å². The molecule has 1 aliphatic heterocycles. The molecular formula is C19H27N5OS. The van der Waals surface area contributed by atoms with Crippen LogP contribution in [0, 0.1) is 0 Å². The van der Waals surface area contributed by atoms with Crippen LogP contribution in [0.25, 0.3) is 10.9 Å². The number of para-hydroxylation sites is 1. The highest BCUT2D eigenvalue weighted by molar-refractivity contribution is 8.00. The van der Waals surface area contributed by atoms with Crippen LogP contribution in [-0.2, 0) is 4.79 Å². The Morgan fingerprint density at radius 2 is 1.92 bits per heavy atom. The van der Waals surface area contributed by atoms with Crippen LogP contribution < -0.4 is 5.32 Å². The molecule has 0 radical (unpaired) electrons. The molecule has 1 aromatic heterocycles. The summed E-state index contributed by atoms with van der Waals surface area (Å²) in [4.78, 5) is 26.4. The van der Waals surface area contributed by atoms with Gasteiger partial charge in [-0.2, -0.15) is 0 Å². The van der Waals surface area contributed by atoms with E-state index in [2.05, 4.69) is 27.1 Å². The first-order chi connectivity index (χ1) is 12.6. The molecule has 0 aliphatic carbocycles. The Morgan fingerprint density at radius 3 is 2.62 bits per heavy atom. The molecule has 1 aromatic carbocycles. The molecule has 2 aromatic rings. The monoisotopic (exact) mass is 373 g/mol. The zero-order valence-electron chi connectivity index (χ0n) is 15.7. The molecule has 2 heterocycles. The Kier molecular flexibility index (Phi) is 6.32. The van der Waals surface area contributed by atoms with E-state index in [0.29, 0.717) is 5.16 Å². The predicted molar refractivity (Wildman–Crippen MR) is 108 cm³/mol. The molecule has 0 unspecified atom stereocenters. The second-order valence-corrected chi connectivity index (χ2v) is 7.73. The van der Waals surface area contributed by atoms with Gasteiger partial charge in [-0.25, -0.2) is 9.97 Å². The number of likely N-dealkylation sites (N-methyl/N-ethyl adjacent to an activating group) is 1. The van der Waals surface area contributed by atoms with Crippen molar-refractivity contribution in [1.29, 1.82) is 0 Å². The number of fused-ring (bicyclic) bond motifs is 1. The number of carbonyl (C=O) groups is 1. The van der Waals surface area contributed by atoms with Crippen molar-refractivity contribution in [2.45, 2.75) is 31.2 Å². The Bertz CT molecular complexity index is 761. The van der Waals surface area contributed by atoms with Crippen LogP contribution in [0.15, 0.2) is 29.4 Å². The van der Waals surface area contributed by atoms with Crippen molar-refractivity contribution < 1.29 is 4.79 Å². The number of nitrogens with one attached hydrogen (secondary N) is 1. The fourth-order valence-electron chi connectivity index (χ4n) is 3.16. The van der Waals surface area contributed by atoms with E-state index in [1.54, 1.807) is 0 Å². The fraction of sp³-hybridized carbons (Fsp3) is 0.526. The van der Waals surface area contributed by atoms with Crippen LogP contribution in [0.1, 0.15) is 20.8 Å². The molecule has 0 saturated carbocycles. The van der Waals surface area contributed by atoms with Gasteiger partial charge in [-0.1, -0.05) is 30.8 Å². The molecule has 1 amide bonds. The normalized spacial score (nSPS) is 16.7. The zero-order valence-corrected chi connectivity index (χ0v) is 16.6. The highest BCUT2D eigenvalue weighted by Gasteiger charge is 2.26. The van der Waals surface area contributed by atoms with E-state index in [-0.39, 0.29) is 11.2 Å². The van der Waals surface area contributed by atoms with Gasteiger partial charge in [-0.15, -0.1) is 0 Å². The predicted octanol–water partition coefficient (Wildman–Crippen LogP) is 2.71. The maximum atomic E-state index is 12.8. The highest BCUT2D eigenvalue weighted by atomic mass is 32.2. The second kappa shape index (κ2) is 8.68. The number of amides is 1. The van der Waals surface area contributed by atoms with E-state index in [0.717, 1.165) is 56.0 Å². The molecule has 140 valence electrons. The van der Waals surface area contributed by atoms with E-state index in [4.69, 9.17) is 0 Å². The summed E-state index contributed by atoms with van der Waals surface area (Å²) in [6.07, 6.45) is 0. The summed E-state index contributed by atoms with van der Waals surface area (Å²) in [5.41, 5.74) is 0.900. The van der Waals surface area contributed by atoms with Gasteiger partial charge in [0.05, 0.1) is 10.8 Å². The maximum absolute atomic E-state index is 12.8. The van der Waals surface area contributed by atoms with Crippen LogP contribution in [0.4, 0.5) is 5.82 Å². The quantitative estimate of drug-likeness (QED) is 0.621. The maximum Gasteiger partial charge on any atom is 0.235 e. The molecule has 1 atom stereocenters. The smallest absolute Gasteiger partial charge is 0.235 e. The van der Waals surface area contributed by atoms with Crippen LogP contribution >= 0.6 is 11.8 Å². The van der Waals surface area contributed by atoms with Crippen molar-refractivity contribution in [1.82, 2.24) is 19.8 Å². The Morgan fingerprint density at radius 1 is 1.19 bits per heavy atom. The van der Waals surface area contributed by atoms with Crippen molar-refractivity contribution in [2.75, 3.05) is 44.6 Å². The van der Waals surface area contributed by atoms with Gasteiger partial charge < -0.3 is 15.1 Å². The number of hydrogen-bond donors (Lipinski definition) is 1. The summed E-state index contributed by atoms with van der Waals surface area (Å²) < 4.78 is 0. The molecule has 1 aliphatic rings. The third kappa shape index (κ3) is 4.27. The molecule has 1 saturated heterocycles. The van der Waals surface area contributed by atoms with Gasteiger partial charge in [0.2, 0.25) is 5.91 Å². The molecule has 7 heteroatoms. The summed E-state index contributed by atoms with van der Waals surface area (Å²) in [6, 6.07) is 7.96. The number of rotatable bonds is 6. The first-order valence-electron chi connectivity index (χ1n) is 9.30. The molecular weight excluding hydrogens is 346 g/mol. The molecule has 0 spiro atoms. The number of benzene rings is 1. The largest absolute Gasteiger partial charge is 0.370 e. The van der Waals surface area contributed by atoms with Gasteiger partial charge in [0, 0.05) is 38.1 Å². The van der Waals surface area contributed by atoms with Crippen LogP contribution in [-0.4, -0.2) is 70.2 Å². The van der Waals surface area contributed by atoms with Crippen molar-refractivity contribution in [3.05, 3.63) is 24.3 Å². The minimum atomic E-state index is -0.196. The lowest BCUT2D eigenvalue weighted by Crippen LogP contribution is -2.50. The van der Waals surface area contributed by atoms with Crippen molar-refractivity contribution >= 4 is 34.4 Å². The van der Waals surface area contributed by atoms with E-state index < -0.39 is 0 Å². The lowest BCUT2D eigenvalue weighted by atomic mass is 10.2. The number of nitrogens with zero attached hydrogens (tertiary/aromatic N) is 4. The van der Waals surface area contributed by atoms with Crippen LogP contribution in [0.5, 0.6) is 0 Å². The van der Waals surface area contributed by atoms with Gasteiger partial charge >= 0.3 is 0 Å². The molecule has 1 N–H and O–H groups in total. The SMILES string of the molecule is CCNc1nc(S[C@H](C)C(=O)N2CCN(CC)CC2)nc2ccccc12. The van der Waals surface area contributed by atoms with Gasteiger partial charge in [0.15, 0.2) is 5.16 Å². The first kappa shape index (κ1) is 18.9. The number of aromatic nitrogens is 2. The minimum absolute atomic E-state index is 0.174. The summed E-state index contributed by atoms with van der Waals surface area (Å²) >= 11 is 1.44. The second-order valence-electron chi connectivity index (χ2n) is 6.42. The summed E-state index contributed by atoms with van der Waals surface area (Å²) in [5.74, 6) is 1.00. The average Bonchev–Trinajstić information content (AvgIpc) is 2.67. The Balaban J connectivity index is 1.72. The van der Waals surface area contributed by atoms with Gasteiger partial charge in [0.1, 0.15) is 5.82 Å². The van der Waals surface area contributed by atoms with Crippen molar-refractivity contribution in [3.8, 4) is 0 Å². The lowest BCUT2D eigenvalue weighted by molar-refractivity contribution is -0.132. The van der Waals surface area contributed by atoms with E-state index in [9.17, 15) is 4.79 Å². The number of anilines is 1. The zero-order chi connectivity index (χ0) is 18.5. The Labute approximate surface area is 159 Å². The Hall–Kier alpha value is -1.86. The summed E-state index contributed by atoms with van der Waals surface area (Å²) in [7, 11) is 0. The van der Waals surface area contributed by atoms with E-state index >= 15 is 0 Å². The molecule has 1 fully saturated rings. The van der Waals surface area contributed by atoms with Gasteiger partial charge in [-0.3, -0.25) is 4.79 Å². The van der Waals surface area contributed by atoms with E-state index in [1.165, 1.54) is 11.8 Å². The summed E-state index contributed by atoms with van der Waals surface area (Å²) in [5, 5.41) is 4.76. The molecule has 0 bridgehead atoms. The molecule has 3 rings (SSSR count). The minimum Gasteiger partial charge on any atom is -0.370 e.